The van der Waals surface area contributed by atoms with E-state index in [9.17, 15) is 18.4 Å². The van der Waals surface area contributed by atoms with E-state index in [4.69, 9.17) is 4.42 Å². The first-order valence-corrected chi connectivity index (χ1v) is 8.91. The summed E-state index contributed by atoms with van der Waals surface area (Å²) < 4.78 is 31.7. The van der Waals surface area contributed by atoms with Crippen molar-refractivity contribution in [2.45, 2.75) is 12.8 Å². The zero-order valence-electron chi connectivity index (χ0n) is 15.7. The number of aromatic nitrogens is 1. The number of amides is 2. The van der Waals surface area contributed by atoms with E-state index in [-0.39, 0.29) is 31.1 Å². The molecule has 1 heterocycles. The van der Waals surface area contributed by atoms with E-state index < -0.39 is 11.7 Å². The fourth-order valence-corrected chi connectivity index (χ4v) is 2.65. The first kappa shape index (κ1) is 20.2. The molecule has 0 aliphatic rings. The van der Waals surface area contributed by atoms with Crippen LogP contribution in [0.3, 0.4) is 0 Å². The van der Waals surface area contributed by atoms with Crippen LogP contribution in [0, 0.1) is 11.6 Å². The first-order valence-electron chi connectivity index (χ1n) is 8.91. The lowest BCUT2D eigenvalue weighted by Crippen LogP contribution is -2.35. The Morgan fingerprint density at radius 3 is 2.59 bits per heavy atom. The molecule has 150 valence electrons. The van der Waals surface area contributed by atoms with Crippen LogP contribution >= 0.6 is 0 Å². The Labute approximate surface area is 166 Å². The van der Waals surface area contributed by atoms with Gasteiger partial charge in [-0.15, -0.1) is 0 Å². The van der Waals surface area contributed by atoms with E-state index in [0.717, 1.165) is 0 Å². The third-order valence-corrected chi connectivity index (χ3v) is 4.15. The predicted molar refractivity (Wildman–Crippen MR) is 103 cm³/mol. The molecule has 0 spiro atoms. The van der Waals surface area contributed by atoms with Crippen LogP contribution in [-0.4, -0.2) is 35.3 Å². The molecule has 0 saturated carbocycles. The standard InChI is InChI=1S/C21H19F2N3O3/c1-26(13-19(27)25-17-4-2-3-16(23)11-17)21(28)10-9-20-24-12-18(29-20)14-5-7-15(22)8-6-14/h2-8,11-12H,9-10,13H2,1H3,(H,25,27). The van der Waals surface area contributed by atoms with Gasteiger partial charge in [0.25, 0.3) is 0 Å². The number of halogens is 2. The molecular weight excluding hydrogens is 380 g/mol. The molecule has 8 heteroatoms. The minimum absolute atomic E-state index is 0.104. The summed E-state index contributed by atoms with van der Waals surface area (Å²) in [5.41, 5.74) is 1.01. The van der Waals surface area contributed by atoms with Gasteiger partial charge in [0.05, 0.1) is 12.7 Å². The van der Waals surface area contributed by atoms with Crippen LogP contribution in [-0.2, 0) is 16.0 Å². The van der Waals surface area contributed by atoms with Gasteiger partial charge in [-0.2, -0.15) is 0 Å². The van der Waals surface area contributed by atoms with E-state index in [1.54, 1.807) is 18.2 Å². The van der Waals surface area contributed by atoms with Gasteiger partial charge in [0, 0.05) is 31.1 Å². The number of nitrogens with zero attached hydrogens (tertiary/aromatic N) is 2. The van der Waals surface area contributed by atoms with Crippen molar-refractivity contribution in [2.75, 3.05) is 18.9 Å². The number of oxazole rings is 1. The summed E-state index contributed by atoms with van der Waals surface area (Å²) in [5, 5.41) is 2.54. The third kappa shape index (κ3) is 5.71. The molecule has 2 amide bonds. The van der Waals surface area contributed by atoms with E-state index in [2.05, 4.69) is 10.3 Å². The maximum atomic E-state index is 13.2. The maximum Gasteiger partial charge on any atom is 0.243 e. The predicted octanol–water partition coefficient (Wildman–Crippen LogP) is 3.65. The van der Waals surface area contributed by atoms with Crippen LogP contribution in [0.2, 0.25) is 0 Å². The van der Waals surface area contributed by atoms with Gasteiger partial charge in [0.15, 0.2) is 11.7 Å². The smallest absolute Gasteiger partial charge is 0.243 e. The number of carbonyl (C=O) groups excluding carboxylic acids is 2. The van der Waals surface area contributed by atoms with Crippen LogP contribution in [0.5, 0.6) is 0 Å². The molecule has 0 aliphatic carbocycles. The summed E-state index contributed by atoms with van der Waals surface area (Å²) in [7, 11) is 1.51. The van der Waals surface area contributed by atoms with Crippen molar-refractivity contribution < 1.29 is 22.8 Å². The number of hydrogen-bond donors (Lipinski definition) is 1. The lowest BCUT2D eigenvalue weighted by Gasteiger charge is -2.16. The van der Waals surface area contributed by atoms with Gasteiger partial charge >= 0.3 is 0 Å². The maximum absolute atomic E-state index is 13.2. The summed E-state index contributed by atoms with van der Waals surface area (Å²) in [4.78, 5) is 29.7. The number of carbonyl (C=O) groups is 2. The number of nitrogens with one attached hydrogen (secondary N) is 1. The summed E-state index contributed by atoms with van der Waals surface area (Å²) in [6.07, 6.45) is 1.88. The molecule has 1 aromatic heterocycles. The summed E-state index contributed by atoms with van der Waals surface area (Å²) in [6, 6.07) is 11.3. The fraction of sp³-hybridized carbons (Fsp3) is 0.190. The molecule has 2 aromatic carbocycles. The second-order valence-electron chi connectivity index (χ2n) is 6.43. The van der Waals surface area contributed by atoms with Gasteiger partial charge in [-0.3, -0.25) is 9.59 Å². The Bertz CT molecular complexity index is 1000. The largest absolute Gasteiger partial charge is 0.441 e. The van der Waals surface area contributed by atoms with Gasteiger partial charge in [-0.05, 0) is 42.5 Å². The van der Waals surface area contributed by atoms with Crippen molar-refractivity contribution >= 4 is 17.5 Å². The van der Waals surface area contributed by atoms with E-state index in [1.807, 2.05) is 0 Å². The summed E-state index contributed by atoms with van der Waals surface area (Å²) in [5.74, 6) is -0.644. The highest BCUT2D eigenvalue weighted by molar-refractivity contribution is 5.94. The van der Waals surface area contributed by atoms with E-state index in [1.165, 1.54) is 48.5 Å². The Kier molecular flexibility index (Phi) is 6.33. The SMILES string of the molecule is CN(CC(=O)Nc1cccc(F)c1)C(=O)CCc1ncc(-c2ccc(F)cc2)o1. The number of rotatable bonds is 7. The topological polar surface area (TPSA) is 75.4 Å². The molecule has 0 radical (unpaired) electrons. The Hall–Kier alpha value is -3.55. The molecule has 6 nitrogen and oxygen atoms in total. The number of aryl methyl sites for hydroxylation is 1. The van der Waals surface area contributed by atoms with Gasteiger partial charge in [0.1, 0.15) is 11.6 Å². The fourth-order valence-electron chi connectivity index (χ4n) is 2.65. The number of benzene rings is 2. The van der Waals surface area contributed by atoms with Crippen molar-refractivity contribution in [2.24, 2.45) is 0 Å². The second kappa shape index (κ2) is 9.09. The molecule has 3 rings (SSSR count). The van der Waals surface area contributed by atoms with Crippen molar-refractivity contribution in [3.05, 3.63) is 72.3 Å². The highest BCUT2D eigenvalue weighted by Gasteiger charge is 2.15. The lowest BCUT2D eigenvalue weighted by atomic mass is 10.2. The first-order chi connectivity index (χ1) is 13.9. The van der Waals surface area contributed by atoms with Gasteiger partial charge in [-0.25, -0.2) is 13.8 Å². The molecular formula is C21H19F2N3O3. The minimum atomic E-state index is -0.460. The van der Waals surface area contributed by atoms with E-state index in [0.29, 0.717) is 22.9 Å². The normalized spacial score (nSPS) is 10.6. The summed E-state index contributed by atoms with van der Waals surface area (Å²) >= 11 is 0. The van der Waals surface area contributed by atoms with Crippen molar-refractivity contribution in [3.63, 3.8) is 0 Å². The van der Waals surface area contributed by atoms with Crippen LogP contribution in [0.4, 0.5) is 14.5 Å². The van der Waals surface area contributed by atoms with Gasteiger partial charge < -0.3 is 14.6 Å². The highest BCUT2D eigenvalue weighted by atomic mass is 19.1. The second-order valence-corrected chi connectivity index (χ2v) is 6.43. The molecule has 0 aliphatic heterocycles. The summed E-state index contributed by atoms with van der Waals surface area (Å²) in [6.45, 7) is -0.165. The molecule has 0 fully saturated rings. The van der Waals surface area contributed by atoms with Crippen molar-refractivity contribution in [1.29, 1.82) is 0 Å². The third-order valence-electron chi connectivity index (χ3n) is 4.15. The molecule has 0 saturated heterocycles. The average Bonchev–Trinajstić information content (AvgIpc) is 3.15. The van der Waals surface area contributed by atoms with E-state index >= 15 is 0 Å². The van der Waals surface area contributed by atoms with Gasteiger partial charge in [0.2, 0.25) is 11.8 Å². The minimum Gasteiger partial charge on any atom is -0.441 e. The Balaban J connectivity index is 1.48. The van der Waals surface area contributed by atoms with Crippen LogP contribution in [0.15, 0.2) is 59.1 Å². The quantitative estimate of drug-likeness (QED) is 0.658. The molecule has 3 aromatic rings. The Morgan fingerprint density at radius 2 is 1.86 bits per heavy atom. The number of hydrogen-bond acceptors (Lipinski definition) is 4. The Morgan fingerprint density at radius 1 is 1.10 bits per heavy atom. The van der Waals surface area contributed by atoms with Crippen LogP contribution in [0.25, 0.3) is 11.3 Å². The van der Waals surface area contributed by atoms with Crippen LogP contribution < -0.4 is 5.32 Å². The average molecular weight is 399 g/mol. The molecule has 29 heavy (non-hydrogen) atoms. The molecule has 0 bridgehead atoms. The molecule has 0 atom stereocenters. The van der Waals surface area contributed by atoms with Crippen molar-refractivity contribution in [1.82, 2.24) is 9.88 Å². The molecule has 1 N–H and O–H groups in total. The molecule has 0 unspecified atom stereocenters. The van der Waals surface area contributed by atoms with Crippen LogP contribution in [0.1, 0.15) is 12.3 Å². The number of likely N-dealkylation sites (N-methyl/N-ethyl adjacent to an activating group) is 1. The highest BCUT2D eigenvalue weighted by Crippen LogP contribution is 2.21. The zero-order valence-corrected chi connectivity index (χ0v) is 15.7. The lowest BCUT2D eigenvalue weighted by molar-refractivity contribution is -0.133. The van der Waals surface area contributed by atoms with Gasteiger partial charge in [-0.1, -0.05) is 6.07 Å². The monoisotopic (exact) mass is 399 g/mol. The van der Waals surface area contributed by atoms with Crippen molar-refractivity contribution in [3.8, 4) is 11.3 Å². The number of anilines is 1. The zero-order chi connectivity index (χ0) is 20.8.